The molecule has 0 aromatic carbocycles. The maximum atomic E-state index is 11.6. The number of unbranched alkanes of at least 4 members (excludes halogenated alkanes) is 2. The minimum Gasteiger partial charge on any atom is -0.481 e. The number of carboxylic acids is 1. The topological polar surface area (TPSA) is 122 Å². The molecule has 0 aliphatic heterocycles. The number of thiol groups is 1. The van der Waals surface area contributed by atoms with E-state index in [1.807, 2.05) is 6.92 Å². The Bertz CT molecular complexity index is 416. The smallest absolute Gasteiger partial charge is 0.339 e. The van der Waals surface area contributed by atoms with Gasteiger partial charge in [-0.25, -0.2) is 4.79 Å². The molecule has 3 N–H and O–H groups in total. The number of nitrogens with one attached hydrogen (secondary N) is 2. The van der Waals surface area contributed by atoms with Crippen LogP contribution in [-0.2, 0) is 23.9 Å². The van der Waals surface area contributed by atoms with Crippen molar-refractivity contribution in [3.63, 3.8) is 0 Å². The summed E-state index contributed by atoms with van der Waals surface area (Å²) in [7, 11) is 0. The van der Waals surface area contributed by atoms with E-state index < -0.39 is 23.2 Å². The first-order chi connectivity index (χ1) is 10.9. The van der Waals surface area contributed by atoms with Crippen molar-refractivity contribution in [2.45, 2.75) is 50.8 Å². The summed E-state index contributed by atoms with van der Waals surface area (Å²) in [5, 5.41) is 12.1. The molecule has 0 fully saturated rings. The number of amides is 2. The number of hydrogen-bond donors (Lipinski definition) is 4. The molecule has 0 bridgehead atoms. The molecule has 0 aliphatic rings. The third kappa shape index (κ3) is 12.5. The van der Waals surface area contributed by atoms with Gasteiger partial charge in [-0.3, -0.25) is 14.4 Å². The van der Waals surface area contributed by atoms with Gasteiger partial charge in [-0.2, -0.15) is 0 Å². The zero-order valence-corrected chi connectivity index (χ0v) is 14.1. The van der Waals surface area contributed by atoms with E-state index in [1.54, 1.807) is 0 Å². The van der Waals surface area contributed by atoms with E-state index >= 15 is 0 Å². The van der Waals surface area contributed by atoms with Crippen molar-refractivity contribution in [3.8, 4) is 0 Å². The molecule has 0 aromatic heterocycles. The third-order valence-corrected chi connectivity index (χ3v) is 3.09. The summed E-state index contributed by atoms with van der Waals surface area (Å²) in [6.45, 7) is 1.95. The van der Waals surface area contributed by atoms with Crippen molar-refractivity contribution >= 4 is 36.4 Å². The van der Waals surface area contributed by atoms with E-state index in [9.17, 15) is 19.2 Å². The van der Waals surface area contributed by atoms with Crippen LogP contribution in [0.25, 0.3) is 0 Å². The van der Waals surface area contributed by atoms with Gasteiger partial charge in [0.1, 0.15) is 0 Å². The minimum atomic E-state index is -1.08. The van der Waals surface area contributed by atoms with Crippen LogP contribution in [0.4, 0.5) is 0 Å². The van der Waals surface area contributed by atoms with Gasteiger partial charge in [-0.1, -0.05) is 13.3 Å². The van der Waals surface area contributed by atoms with E-state index in [-0.39, 0.29) is 31.9 Å². The average molecular weight is 348 g/mol. The molecule has 0 rings (SSSR count). The van der Waals surface area contributed by atoms with Gasteiger partial charge in [0.2, 0.25) is 11.8 Å². The van der Waals surface area contributed by atoms with E-state index in [0.717, 1.165) is 12.8 Å². The Labute approximate surface area is 140 Å². The van der Waals surface area contributed by atoms with Gasteiger partial charge in [-0.05, 0) is 19.3 Å². The highest BCUT2D eigenvalue weighted by atomic mass is 32.1. The predicted octanol–water partition coefficient (Wildman–Crippen LogP) is 0.463. The fourth-order valence-electron chi connectivity index (χ4n) is 1.49. The van der Waals surface area contributed by atoms with Crippen molar-refractivity contribution < 1.29 is 29.0 Å². The van der Waals surface area contributed by atoms with Crippen molar-refractivity contribution in [3.05, 3.63) is 0 Å². The predicted molar refractivity (Wildman–Crippen MR) is 85.9 cm³/mol. The molecular weight excluding hydrogens is 324 g/mol. The van der Waals surface area contributed by atoms with Gasteiger partial charge in [0.25, 0.3) is 0 Å². The molecular formula is C14H24N2O6S. The molecule has 0 saturated carbocycles. The van der Waals surface area contributed by atoms with Crippen LogP contribution in [0, 0.1) is 0 Å². The van der Waals surface area contributed by atoms with E-state index in [4.69, 9.17) is 9.84 Å². The molecule has 8 nitrogen and oxygen atoms in total. The lowest BCUT2D eigenvalue weighted by atomic mass is 10.2. The van der Waals surface area contributed by atoms with Crippen LogP contribution < -0.4 is 10.6 Å². The maximum Gasteiger partial charge on any atom is 0.339 e. The summed E-state index contributed by atoms with van der Waals surface area (Å²) in [5.74, 6) is -2.46. The van der Waals surface area contributed by atoms with Crippen molar-refractivity contribution in [2.24, 2.45) is 0 Å². The number of rotatable bonds is 12. The highest BCUT2D eigenvalue weighted by Gasteiger charge is 2.18. The SMILES string of the molecule is CCCCOC(=O)[C@H](S)NC(=O)CNC(=O)CCCCC(=O)O. The Kier molecular flexibility index (Phi) is 11.8. The number of esters is 1. The van der Waals surface area contributed by atoms with Crippen molar-refractivity contribution in [2.75, 3.05) is 13.2 Å². The van der Waals surface area contributed by atoms with Crippen LogP contribution in [0.2, 0.25) is 0 Å². The lowest BCUT2D eigenvalue weighted by molar-refractivity contribution is -0.145. The second-order valence-electron chi connectivity index (χ2n) is 4.87. The summed E-state index contributed by atoms with van der Waals surface area (Å²) in [6, 6.07) is 0. The summed E-state index contributed by atoms with van der Waals surface area (Å²) in [6.07, 6.45) is 2.60. The summed E-state index contributed by atoms with van der Waals surface area (Å²) >= 11 is 3.92. The van der Waals surface area contributed by atoms with Gasteiger partial charge in [-0.15, -0.1) is 12.6 Å². The summed E-state index contributed by atoms with van der Waals surface area (Å²) in [5.41, 5.74) is 0. The van der Waals surface area contributed by atoms with Gasteiger partial charge in [0.05, 0.1) is 13.2 Å². The minimum absolute atomic E-state index is 0.00917. The lowest BCUT2D eigenvalue weighted by Gasteiger charge is -2.13. The molecule has 2 amide bonds. The quantitative estimate of drug-likeness (QED) is 0.176. The fraction of sp³-hybridized carbons (Fsp3) is 0.714. The summed E-state index contributed by atoms with van der Waals surface area (Å²) in [4.78, 5) is 44.8. The first kappa shape index (κ1) is 21.2. The zero-order chi connectivity index (χ0) is 17.7. The molecule has 0 unspecified atom stereocenters. The van der Waals surface area contributed by atoms with Crippen molar-refractivity contribution in [1.82, 2.24) is 10.6 Å². The maximum absolute atomic E-state index is 11.6. The second kappa shape index (κ2) is 12.7. The van der Waals surface area contributed by atoms with Crippen LogP contribution in [0.1, 0.15) is 45.4 Å². The Hall–Kier alpha value is -1.77. The normalized spacial score (nSPS) is 11.4. The molecule has 0 aromatic rings. The standard InChI is InChI=1S/C14H24N2O6S/c1-2-3-8-22-14(21)13(23)16-11(18)9-15-10(17)6-4-5-7-12(19)20/h13,23H,2-9H2,1H3,(H,15,17)(H,16,18)(H,19,20)/t13-/m0/s1. The highest BCUT2D eigenvalue weighted by Crippen LogP contribution is 2.00. The first-order valence-electron chi connectivity index (χ1n) is 7.49. The van der Waals surface area contributed by atoms with Crippen LogP contribution in [0.5, 0.6) is 0 Å². The highest BCUT2D eigenvalue weighted by molar-refractivity contribution is 7.81. The fourth-order valence-corrected chi connectivity index (χ4v) is 1.71. The third-order valence-electron chi connectivity index (χ3n) is 2.75. The Balaban J connectivity index is 3.81. The number of ether oxygens (including phenoxy) is 1. The molecule has 132 valence electrons. The molecule has 9 heteroatoms. The molecule has 0 heterocycles. The average Bonchev–Trinajstić information content (AvgIpc) is 2.49. The molecule has 1 atom stereocenters. The van der Waals surface area contributed by atoms with E-state index in [1.165, 1.54) is 0 Å². The number of carbonyl (C=O) groups is 4. The lowest BCUT2D eigenvalue weighted by Crippen LogP contribution is -2.43. The zero-order valence-electron chi connectivity index (χ0n) is 13.2. The number of carboxylic acid groups (broad SMARTS) is 1. The number of carbonyl (C=O) groups excluding carboxylic acids is 3. The van der Waals surface area contributed by atoms with Crippen LogP contribution in [0.3, 0.4) is 0 Å². The van der Waals surface area contributed by atoms with Crippen molar-refractivity contribution in [1.29, 1.82) is 0 Å². The Morgan fingerprint density at radius 3 is 2.35 bits per heavy atom. The molecule has 0 spiro atoms. The molecule has 0 saturated heterocycles. The van der Waals surface area contributed by atoms with Crippen LogP contribution in [-0.4, -0.2) is 47.4 Å². The van der Waals surface area contributed by atoms with Gasteiger partial charge in [0.15, 0.2) is 5.37 Å². The van der Waals surface area contributed by atoms with Crippen LogP contribution >= 0.6 is 12.6 Å². The van der Waals surface area contributed by atoms with Gasteiger partial charge in [0, 0.05) is 12.8 Å². The second-order valence-corrected chi connectivity index (χ2v) is 5.39. The van der Waals surface area contributed by atoms with E-state index in [0.29, 0.717) is 12.8 Å². The number of aliphatic carboxylic acids is 1. The monoisotopic (exact) mass is 348 g/mol. The molecule has 0 aliphatic carbocycles. The largest absolute Gasteiger partial charge is 0.481 e. The van der Waals surface area contributed by atoms with Crippen LogP contribution in [0.15, 0.2) is 0 Å². The van der Waals surface area contributed by atoms with E-state index in [2.05, 4.69) is 23.3 Å². The Morgan fingerprint density at radius 2 is 1.74 bits per heavy atom. The summed E-state index contributed by atoms with van der Waals surface area (Å²) < 4.78 is 4.89. The Morgan fingerprint density at radius 1 is 1.09 bits per heavy atom. The molecule has 0 radical (unpaired) electrons. The van der Waals surface area contributed by atoms with Gasteiger partial charge >= 0.3 is 11.9 Å². The first-order valence-corrected chi connectivity index (χ1v) is 8.01. The number of hydrogen-bond acceptors (Lipinski definition) is 6. The molecule has 23 heavy (non-hydrogen) atoms. The van der Waals surface area contributed by atoms with Gasteiger partial charge < -0.3 is 20.5 Å².